The number of nitrogens with one attached hydrogen (secondary N) is 2. The van der Waals surface area contributed by atoms with Gasteiger partial charge in [0, 0.05) is 30.5 Å². The number of hydrogen-bond acceptors (Lipinski definition) is 4. The molecule has 154 valence electrons. The van der Waals surface area contributed by atoms with Crippen LogP contribution in [0, 0.1) is 0 Å². The number of amides is 1. The van der Waals surface area contributed by atoms with Crippen LogP contribution in [-0.2, 0) is 4.79 Å². The highest BCUT2D eigenvalue weighted by Gasteiger charge is 2.32. The first-order valence-corrected chi connectivity index (χ1v) is 10.5. The summed E-state index contributed by atoms with van der Waals surface area (Å²) in [6.45, 7) is 5.41. The van der Waals surface area contributed by atoms with Crippen molar-refractivity contribution in [3.63, 3.8) is 0 Å². The van der Waals surface area contributed by atoms with Gasteiger partial charge in [-0.1, -0.05) is 0 Å². The molecule has 6 nitrogen and oxygen atoms in total. The lowest BCUT2D eigenvalue weighted by atomic mass is 10.0. The van der Waals surface area contributed by atoms with Crippen LogP contribution in [0.25, 0.3) is 0 Å². The highest BCUT2D eigenvalue weighted by atomic mass is 16.5. The monoisotopic (exact) mass is 397 g/mol. The molecule has 2 aliphatic rings. The Morgan fingerprint density at radius 2 is 1.90 bits per heavy atom. The van der Waals surface area contributed by atoms with Crippen LogP contribution in [0.4, 0.5) is 5.69 Å². The van der Waals surface area contributed by atoms with Crippen LogP contribution in [-0.4, -0.2) is 38.8 Å². The first-order valence-electron chi connectivity index (χ1n) is 10.5. The quantitative estimate of drug-likeness (QED) is 0.787. The molecule has 0 saturated carbocycles. The van der Waals surface area contributed by atoms with Gasteiger partial charge in [-0.05, 0) is 49.4 Å². The summed E-state index contributed by atoms with van der Waals surface area (Å²) in [5.41, 5.74) is 2.01. The molecule has 2 N–H and O–H groups in total. The molecule has 2 aromatic rings. The van der Waals surface area contributed by atoms with Crippen LogP contribution in [0.3, 0.4) is 0 Å². The summed E-state index contributed by atoms with van der Waals surface area (Å²) >= 11 is 0. The van der Waals surface area contributed by atoms with Crippen molar-refractivity contribution in [3.8, 4) is 17.2 Å². The molecule has 2 aromatic carbocycles. The minimum atomic E-state index is 0.0328. The average Bonchev–Trinajstić information content (AvgIpc) is 3.04. The number of likely N-dealkylation sites (tertiary alicyclic amines) is 1. The van der Waals surface area contributed by atoms with Gasteiger partial charge in [-0.3, -0.25) is 4.79 Å². The zero-order valence-corrected chi connectivity index (χ0v) is 16.9. The second kappa shape index (κ2) is 9.18. The van der Waals surface area contributed by atoms with Gasteiger partial charge in [0.25, 0.3) is 5.91 Å². The van der Waals surface area contributed by atoms with E-state index < -0.39 is 0 Å². The van der Waals surface area contributed by atoms with E-state index in [1.54, 1.807) is 0 Å². The number of carbonyl (C=O) groups is 1. The van der Waals surface area contributed by atoms with E-state index in [4.69, 9.17) is 14.2 Å². The molecule has 0 aromatic heterocycles. The molecule has 1 fully saturated rings. The standard InChI is InChI=1S/C23H28N2O4/c1-2-27-19-9-7-18(8-10-19)24-23(26)16-25-12-3-5-20(25)17-6-11-21-22(15-17)29-14-4-13-28-21/h6-11,15,20H,2-5,12-14,16H2,1H3,(H,24,26)/p+1/t20-/m1/s1. The van der Waals surface area contributed by atoms with E-state index in [1.807, 2.05) is 37.3 Å². The highest BCUT2D eigenvalue weighted by molar-refractivity contribution is 5.91. The van der Waals surface area contributed by atoms with E-state index in [1.165, 1.54) is 10.5 Å². The van der Waals surface area contributed by atoms with Crippen LogP contribution in [0.2, 0.25) is 0 Å². The molecule has 6 heteroatoms. The maximum absolute atomic E-state index is 12.6. The second-order valence-corrected chi connectivity index (χ2v) is 7.54. The third-order valence-corrected chi connectivity index (χ3v) is 5.49. The minimum absolute atomic E-state index is 0.0328. The first-order chi connectivity index (χ1) is 14.2. The Hall–Kier alpha value is -2.73. The minimum Gasteiger partial charge on any atom is -0.494 e. The maximum Gasteiger partial charge on any atom is 0.279 e. The van der Waals surface area contributed by atoms with Gasteiger partial charge in [-0.25, -0.2) is 0 Å². The molecule has 0 radical (unpaired) electrons. The number of anilines is 1. The zero-order valence-electron chi connectivity index (χ0n) is 16.9. The van der Waals surface area contributed by atoms with Crippen molar-refractivity contribution in [1.82, 2.24) is 0 Å². The number of benzene rings is 2. The molecule has 4 rings (SSSR count). The van der Waals surface area contributed by atoms with Crippen molar-refractivity contribution < 1.29 is 23.9 Å². The first kappa shape index (κ1) is 19.6. The van der Waals surface area contributed by atoms with Crippen LogP contribution in [0.1, 0.15) is 37.8 Å². The van der Waals surface area contributed by atoms with E-state index in [0.29, 0.717) is 32.4 Å². The van der Waals surface area contributed by atoms with E-state index in [9.17, 15) is 4.79 Å². The molecular formula is C23H29N2O4+. The SMILES string of the molecule is CCOc1ccc(NC(=O)C[NH+]2CCC[C@@H]2c2ccc3c(c2)OCCCO3)cc1. The third kappa shape index (κ3) is 4.82. The number of fused-ring (bicyclic) bond motifs is 1. The molecule has 0 spiro atoms. The van der Waals surface area contributed by atoms with Gasteiger partial charge in [0.05, 0.1) is 26.4 Å². The van der Waals surface area contributed by atoms with Crippen LogP contribution < -0.4 is 24.4 Å². The number of quaternary nitrogens is 1. The summed E-state index contributed by atoms with van der Waals surface area (Å²) in [4.78, 5) is 13.9. The number of ether oxygens (including phenoxy) is 3. The largest absolute Gasteiger partial charge is 0.494 e. The second-order valence-electron chi connectivity index (χ2n) is 7.54. The molecule has 1 amide bonds. The van der Waals surface area contributed by atoms with Gasteiger partial charge in [-0.2, -0.15) is 0 Å². The molecule has 2 heterocycles. The highest BCUT2D eigenvalue weighted by Crippen LogP contribution is 2.33. The molecule has 0 aliphatic carbocycles. The fourth-order valence-corrected chi connectivity index (χ4v) is 4.13. The lowest BCUT2D eigenvalue weighted by Crippen LogP contribution is -3.11. The van der Waals surface area contributed by atoms with Gasteiger partial charge in [0.15, 0.2) is 18.0 Å². The van der Waals surface area contributed by atoms with E-state index >= 15 is 0 Å². The van der Waals surface area contributed by atoms with Gasteiger partial charge >= 0.3 is 0 Å². The van der Waals surface area contributed by atoms with E-state index in [0.717, 1.165) is 48.7 Å². The average molecular weight is 397 g/mol. The predicted octanol–water partition coefficient (Wildman–Crippen LogP) is 2.61. The molecule has 2 aliphatic heterocycles. The van der Waals surface area contributed by atoms with Gasteiger partial charge in [0.2, 0.25) is 0 Å². The molecule has 0 bridgehead atoms. The number of carbonyl (C=O) groups excluding carboxylic acids is 1. The normalized spacial score (nSPS) is 20.7. The Bertz CT molecular complexity index is 837. The summed E-state index contributed by atoms with van der Waals surface area (Å²) in [5.74, 6) is 2.49. The van der Waals surface area contributed by atoms with Crippen molar-refractivity contribution >= 4 is 11.6 Å². The summed E-state index contributed by atoms with van der Waals surface area (Å²) in [6, 6.07) is 14.0. The Morgan fingerprint density at radius 1 is 1.10 bits per heavy atom. The Balaban J connectivity index is 1.39. The van der Waals surface area contributed by atoms with Crippen molar-refractivity contribution in [1.29, 1.82) is 0 Å². The van der Waals surface area contributed by atoms with Crippen LogP contribution in [0.5, 0.6) is 17.2 Å². The fourth-order valence-electron chi connectivity index (χ4n) is 4.13. The van der Waals surface area contributed by atoms with Crippen molar-refractivity contribution in [3.05, 3.63) is 48.0 Å². The summed E-state index contributed by atoms with van der Waals surface area (Å²) in [6.07, 6.45) is 3.09. The summed E-state index contributed by atoms with van der Waals surface area (Å²) in [5, 5.41) is 3.01. The van der Waals surface area contributed by atoms with Crippen molar-refractivity contribution in [2.24, 2.45) is 0 Å². The Morgan fingerprint density at radius 3 is 2.69 bits per heavy atom. The molecule has 2 atom stereocenters. The number of rotatable bonds is 6. The van der Waals surface area contributed by atoms with Crippen molar-refractivity contribution in [2.75, 3.05) is 38.2 Å². The molecular weight excluding hydrogens is 368 g/mol. The summed E-state index contributed by atoms with van der Waals surface area (Å²) < 4.78 is 17.0. The topological polar surface area (TPSA) is 61.2 Å². The molecule has 1 saturated heterocycles. The van der Waals surface area contributed by atoms with Crippen LogP contribution >= 0.6 is 0 Å². The number of hydrogen-bond donors (Lipinski definition) is 2. The van der Waals surface area contributed by atoms with Crippen molar-refractivity contribution in [2.45, 2.75) is 32.2 Å². The Kier molecular flexibility index (Phi) is 6.20. The van der Waals surface area contributed by atoms with E-state index in [2.05, 4.69) is 17.4 Å². The Labute approximate surface area is 171 Å². The van der Waals surface area contributed by atoms with Crippen LogP contribution in [0.15, 0.2) is 42.5 Å². The fraction of sp³-hybridized carbons (Fsp3) is 0.435. The third-order valence-electron chi connectivity index (χ3n) is 5.49. The lowest BCUT2D eigenvalue weighted by Gasteiger charge is -2.22. The zero-order chi connectivity index (χ0) is 20.1. The predicted molar refractivity (Wildman–Crippen MR) is 111 cm³/mol. The lowest BCUT2D eigenvalue weighted by molar-refractivity contribution is -0.910. The molecule has 1 unspecified atom stereocenters. The van der Waals surface area contributed by atoms with Gasteiger partial charge in [-0.15, -0.1) is 0 Å². The van der Waals surface area contributed by atoms with E-state index in [-0.39, 0.29) is 5.91 Å². The van der Waals surface area contributed by atoms with Gasteiger partial charge < -0.3 is 24.4 Å². The van der Waals surface area contributed by atoms with Gasteiger partial charge in [0.1, 0.15) is 11.8 Å². The smallest absolute Gasteiger partial charge is 0.279 e. The summed E-state index contributed by atoms with van der Waals surface area (Å²) in [7, 11) is 0. The maximum atomic E-state index is 12.6. The molecule has 29 heavy (non-hydrogen) atoms.